The first-order valence-electron chi connectivity index (χ1n) is 8.20. The summed E-state index contributed by atoms with van der Waals surface area (Å²) in [5, 5.41) is 0. The lowest BCUT2D eigenvalue weighted by Gasteiger charge is -2.12. The number of hydrogen-bond acceptors (Lipinski definition) is 6. The molecule has 6 heteroatoms. The number of nitrogens with two attached hydrogens (primary N) is 1. The molecule has 0 radical (unpaired) electrons. The summed E-state index contributed by atoms with van der Waals surface area (Å²) in [4.78, 5) is 13.4. The number of aromatic nitrogens is 3. The van der Waals surface area contributed by atoms with Crippen LogP contribution in [0.4, 0.5) is 5.95 Å². The van der Waals surface area contributed by atoms with Crippen LogP contribution in [0.1, 0.15) is 12.0 Å². The van der Waals surface area contributed by atoms with E-state index in [9.17, 15) is 0 Å². The van der Waals surface area contributed by atoms with Crippen molar-refractivity contribution < 1.29 is 9.47 Å². The molecule has 0 aliphatic carbocycles. The van der Waals surface area contributed by atoms with Gasteiger partial charge in [0.2, 0.25) is 5.95 Å². The highest BCUT2D eigenvalue weighted by molar-refractivity contribution is 5.89. The van der Waals surface area contributed by atoms with Gasteiger partial charge >= 0.3 is 0 Å². The van der Waals surface area contributed by atoms with E-state index in [1.54, 1.807) is 0 Å². The zero-order valence-corrected chi connectivity index (χ0v) is 13.7. The number of benzene rings is 2. The Morgan fingerprint density at radius 1 is 0.731 bits per heavy atom. The summed E-state index contributed by atoms with van der Waals surface area (Å²) in [5.41, 5.74) is 9.48. The number of pyridine rings is 1. The van der Waals surface area contributed by atoms with Crippen LogP contribution in [0, 0.1) is 0 Å². The Morgan fingerprint density at radius 3 is 2.15 bits per heavy atom. The first-order valence-corrected chi connectivity index (χ1v) is 8.20. The van der Waals surface area contributed by atoms with Crippen LogP contribution in [0.25, 0.3) is 22.3 Å². The van der Waals surface area contributed by atoms with Crippen molar-refractivity contribution in [3.05, 3.63) is 72.4 Å². The number of nitrogens with zero attached hydrogens (tertiary/aromatic N) is 3. The topological polar surface area (TPSA) is 83.2 Å². The fraction of sp³-hybridized carbons (Fsp3) is 0.0500. The first kappa shape index (κ1) is 14.7. The second-order valence-electron chi connectivity index (χ2n) is 5.91. The van der Waals surface area contributed by atoms with Crippen LogP contribution in [-0.2, 0) is 0 Å². The van der Waals surface area contributed by atoms with Crippen molar-refractivity contribution in [1.29, 1.82) is 0 Å². The molecule has 4 aromatic rings. The molecular weight excluding hydrogens is 328 g/mol. The molecule has 1 aliphatic heterocycles. The Bertz CT molecular complexity index is 1090. The van der Waals surface area contributed by atoms with E-state index < -0.39 is 6.29 Å². The fourth-order valence-electron chi connectivity index (χ4n) is 3.00. The van der Waals surface area contributed by atoms with E-state index in [1.165, 1.54) is 0 Å². The number of para-hydroxylation sites is 2. The maximum Gasteiger partial charge on any atom is 0.284 e. The summed E-state index contributed by atoms with van der Waals surface area (Å²) in [5.74, 6) is 1.62. The van der Waals surface area contributed by atoms with Gasteiger partial charge in [0.05, 0.1) is 5.52 Å². The third-order valence-corrected chi connectivity index (χ3v) is 4.19. The second-order valence-corrected chi connectivity index (χ2v) is 5.91. The van der Waals surface area contributed by atoms with E-state index in [1.807, 2.05) is 66.7 Å². The monoisotopic (exact) mass is 342 g/mol. The van der Waals surface area contributed by atoms with Gasteiger partial charge in [-0.3, -0.25) is 0 Å². The van der Waals surface area contributed by atoms with E-state index in [2.05, 4.69) is 9.97 Å². The van der Waals surface area contributed by atoms with E-state index >= 15 is 0 Å². The average molecular weight is 342 g/mol. The third kappa shape index (κ3) is 2.39. The SMILES string of the molecule is Nc1nc(-c2ccccc2)c2nc(C3Oc4ccccc4O3)ccc2n1. The van der Waals surface area contributed by atoms with Crippen LogP contribution < -0.4 is 15.2 Å². The summed E-state index contributed by atoms with van der Waals surface area (Å²) >= 11 is 0. The summed E-state index contributed by atoms with van der Waals surface area (Å²) in [6, 6.07) is 21.0. The van der Waals surface area contributed by atoms with Crippen LogP contribution >= 0.6 is 0 Å². The molecule has 1 aliphatic rings. The average Bonchev–Trinajstić information content (AvgIpc) is 3.12. The molecule has 126 valence electrons. The van der Waals surface area contributed by atoms with Gasteiger partial charge in [0.25, 0.3) is 6.29 Å². The van der Waals surface area contributed by atoms with Gasteiger partial charge in [0.1, 0.15) is 16.9 Å². The molecule has 0 unspecified atom stereocenters. The molecule has 2 aromatic heterocycles. The maximum atomic E-state index is 5.88. The molecule has 26 heavy (non-hydrogen) atoms. The zero-order chi connectivity index (χ0) is 17.5. The van der Waals surface area contributed by atoms with E-state index in [0.29, 0.717) is 33.9 Å². The second kappa shape index (κ2) is 5.70. The molecule has 3 heterocycles. The molecule has 6 nitrogen and oxygen atoms in total. The minimum Gasteiger partial charge on any atom is -0.445 e. The number of hydrogen-bond donors (Lipinski definition) is 1. The Balaban J connectivity index is 1.63. The zero-order valence-electron chi connectivity index (χ0n) is 13.7. The number of ether oxygens (including phenoxy) is 2. The first-order chi connectivity index (χ1) is 12.8. The predicted molar refractivity (Wildman–Crippen MR) is 97.6 cm³/mol. The standard InChI is InChI=1S/C20H14N4O2/c21-20-23-13-10-11-14(19-25-15-8-4-5-9-16(15)26-19)22-18(13)17(24-20)12-6-2-1-3-7-12/h1-11,19H,(H2,21,23,24). The third-order valence-electron chi connectivity index (χ3n) is 4.19. The molecule has 0 fully saturated rings. The lowest BCUT2D eigenvalue weighted by molar-refractivity contribution is 0.0450. The molecule has 5 rings (SSSR count). The number of anilines is 1. The molecule has 0 saturated carbocycles. The summed E-state index contributed by atoms with van der Waals surface area (Å²) in [7, 11) is 0. The minimum atomic E-state index is -0.599. The molecule has 0 saturated heterocycles. The Morgan fingerprint density at radius 2 is 1.42 bits per heavy atom. The molecule has 0 bridgehead atoms. The summed E-state index contributed by atoms with van der Waals surface area (Å²) < 4.78 is 11.7. The van der Waals surface area contributed by atoms with Gasteiger partial charge in [-0.2, -0.15) is 0 Å². The van der Waals surface area contributed by atoms with Crippen molar-refractivity contribution in [2.24, 2.45) is 0 Å². The van der Waals surface area contributed by atoms with Gasteiger partial charge in [0.15, 0.2) is 11.5 Å². The van der Waals surface area contributed by atoms with E-state index in [4.69, 9.17) is 20.2 Å². The van der Waals surface area contributed by atoms with Gasteiger partial charge in [0, 0.05) is 5.56 Å². The van der Waals surface area contributed by atoms with Gasteiger partial charge in [-0.25, -0.2) is 15.0 Å². The van der Waals surface area contributed by atoms with Gasteiger partial charge in [-0.1, -0.05) is 42.5 Å². The number of fused-ring (bicyclic) bond motifs is 2. The maximum absolute atomic E-state index is 5.88. The van der Waals surface area contributed by atoms with Crippen LogP contribution in [-0.4, -0.2) is 15.0 Å². The Labute approximate surface area is 149 Å². The van der Waals surface area contributed by atoms with Crippen molar-refractivity contribution in [2.75, 3.05) is 5.73 Å². The molecule has 0 spiro atoms. The van der Waals surface area contributed by atoms with Crippen LogP contribution in [0.5, 0.6) is 11.5 Å². The normalized spacial score (nSPS) is 13.2. The van der Waals surface area contributed by atoms with Crippen molar-refractivity contribution in [3.8, 4) is 22.8 Å². The summed E-state index contributed by atoms with van der Waals surface area (Å²) in [6.45, 7) is 0. The predicted octanol–water partition coefficient (Wildman–Crippen LogP) is 3.74. The van der Waals surface area contributed by atoms with Crippen molar-refractivity contribution >= 4 is 17.0 Å². The molecule has 0 atom stereocenters. The molecule has 2 aromatic carbocycles. The molecule has 0 amide bonds. The van der Waals surface area contributed by atoms with E-state index in [0.717, 1.165) is 5.56 Å². The largest absolute Gasteiger partial charge is 0.445 e. The highest BCUT2D eigenvalue weighted by Gasteiger charge is 2.27. The van der Waals surface area contributed by atoms with Crippen LogP contribution in [0.2, 0.25) is 0 Å². The highest BCUT2D eigenvalue weighted by atomic mass is 16.7. The molecule has 2 N–H and O–H groups in total. The smallest absolute Gasteiger partial charge is 0.284 e. The molecular formula is C20H14N4O2. The van der Waals surface area contributed by atoms with Crippen LogP contribution in [0.3, 0.4) is 0 Å². The van der Waals surface area contributed by atoms with Crippen molar-refractivity contribution in [3.63, 3.8) is 0 Å². The lowest BCUT2D eigenvalue weighted by Crippen LogP contribution is -2.11. The quantitative estimate of drug-likeness (QED) is 0.597. The van der Waals surface area contributed by atoms with Crippen LogP contribution in [0.15, 0.2) is 66.7 Å². The number of rotatable bonds is 2. The highest BCUT2D eigenvalue weighted by Crippen LogP contribution is 2.40. The van der Waals surface area contributed by atoms with E-state index in [-0.39, 0.29) is 5.95 Å². The number of nitrogen functional groups attached to an aromatic ring is 1. The Kier molecular flexibility index (Phi) is 3.21. The fourth-order valence-corrected chi connectivity index (χ4v) is 3.00. The van der Waals surface area contributed by atoms with Gasteiger partial charge in [-0.05, 0) is 24.3 Å². The minimum absolute atomic E-state index is 0.215. The van der Waals surface area contributed by atoms with Gasteiger partial charge in [-0.15, -0.1) is 0 Å². The lowest BCUT2D eigenvalue weighted by atomic mass is 10.1. The van der Waals surface area contributed by atoms with Gasteiger partial charge < -0.3 is 15.2 Å². The Hall–Kier alpha value is -3.67. The summed E-state index contributed by atoms with van der Waals surface area (Å²) in [6.07, 6.45) is -0.599. The van der Waals surface area contributed by atoms with Crippen molar-refractivity contribution in [2.45, 2.75) is 6.29 Å². The van der Waals surface area contributed by atoms with Crippen molar-refractivity contribution in [1.82, 2.24) is 15.0 Å².